The highest BCUT2D eigenvalue weighted by Gasteiger charge is 2.36. The van der Waals surface area contributed by atoms with E-state index in [0.29, 0.717) is 12.9 Å². The maximum absolute atomic E-state index is 10.8. The molecule has 0 N–H and O–H groups in total. The van der Waals surface area contributed by atoms with Crippen LogP contribution in [-0.2, 0) is 23.7 Å². The Morgan fingerprint density at radius 2 is 1.44 bits per heavy atom. The van der Waals surface area contributed by atoms with Gasteiger partial charge in [-0.1, -0.05) is 51.4 Å². The topological polar surface area (TPSA) is 54.0 Å². The monoisotopic (exact) mass is 384 g/mol. The van der Waals surface area contributed by atoms with Gasteiger partial charge in [0.15, 0.2) is 0 Å². The van der Waals surface area contributed by atoms with E-state index < -0.39 is 0 Å². The van der Waals surface area contributed by atoms with Gasteiger partial charge < -0.3 is 23.7 Å². The van der Waals surface area contributed by atoms with Crippen molar-refractivity contribution in [3.05, 3.63) is 0 Å². The summed E-state index contributed by atoms with van der Waals surface area (Å²) in [6.45, 7) is 1.24. The summed E-state index contributed by atoms with van der Waals surface area (Å²) in [6, 6.07) is 0. The largest absolute Gasteiger partial charge is 0.372 e. The fraction of sp³-hybridized carbons (Fsp3) is 0.955. The first kappa shape index (κ1) is 22.8. The molecule has 2 heterocycles. The molecule has 0 aromatic rings. The van der Waals surface area contributed by atoms with E-state index in [4.69, 9.17) is 18.9 Å². The van der Waals surface area contributed by atoms with Gasteiger partial charge in [0.25, 0.3) is 0 Å². The standard InChI is InChI=1S/C22H40O5/c1-24-18-25-16-10-8-6-4-2-3-5-7-9-11-19-12-14-21(26-19)22-15-13-20(17-23)27-22/h17,19-22H,2-16,18H2,1H3. The van der Waals surface area contributed by atoms with E-state index in [9.17, 15) is 4.79 Å². The number of methoxy groups -OCH3 is 1. The zero-order valence-electron chi connectivity index (χ0n) is 17.2. The van der Waals surface area contributed by atoms with Crippen LogP contribution < -0.4 is 0 Å². The van der Waals surface area contributed by atoms with Crippen molar-refractivity contribution in [3.63, 3.8) is 0 Å². The number of unbranched alkanes of at least 4 members (excludes halogenated alkanes) is 8. The molecule has 2 aliphatic rings. The first-order chi connectivity index (χ1) is 13.3. The Morgan fingerprint density at radius 1 is 0.815 bits per heavy atom. The van der Waals surface area contributed by atoms with E-state index in [2.05, 4.69) is 0 Å². The fourth-order valence-corrected chi connectivity index (χ4v) is 4.24. The lowest BCUT2D eigenvalue weighted by Crippen LogP contribution is -2.27. The van der Waals surface area contributed by atoms with Crippen LogP contribution in [0.15, 0.2) is 0 Å². The summed E-state index contributed by atoms with van der Waals surface area (Å²) >= 11 is 0. The number of hydrogen-bond acceptors (Lipinski definition) is 5. The van der Waals surface area contributed by atoms with Crippen molar-refractivity contribution in [3.8, 4) is 0 Å². The maximum atomic E-state index is 10.8. The summed E-state index contributed by atoms with van der Waals surface area (Å²) in [4.78, 5) is 10.8. The highest BCUT2D eigenvalue weighted by molar-refractivity contribution is 5.56. The molecule has 4 atom stereocenters. The molecule has 0 radical (unpaired) electrons. The zero-order chi connectivity index (χ0) is 19.2. The van der Waals surface area contributed by atoms with Gasteiger partial charge in [-0.3, -0.25) is 0 Å². The molecule has 0 aromatic carbocycles. The lowest BCUT2D eigenvalue weighted by atomic mass is 10.0. The van der Waals surface area contributed by atoms with Crippen molar-refractivity contribution in [2.45, 2.75) is 114 Å². The van der Waals surface area contributed by atoms with E-state index in [-0.39, 0.29) is 18.3 Å². The average Bonchev–Trinajstić information content (AvgIpc) is 3.34. The van der Waals surface area contributed by atoms with E-state index in [1.54, 1.807) is 7.11 Å². The molecule has 5 heteroatoms. The minimum Gasteiger partial charge on any atom is -0.372 e. The molecule has 0 aromatic heterocycles. The van der Waals surface area contributed by atoms with Crippen molar-refractivity contribution in [1.29, 1.82) is 0 Å². The number of carbonyl (C=O) groups is 1. The Kier molecular flexibility index (Phi) is 12.2. The molecule has 2 saturated heterocycles. The molecular formula is C22H40O5. The van der Waals surface area contributed by atoms with Crippen LogP contribution in [0.25, 0.3) is 0 Å². The van der Waals surface area contributed by atoms with Crippen LogP contribution in [-0.4, -0.2) is 51.2 Å². The summed E-state index contributed by atoms with van der Waals surface area (Å²) in [7, 11) is 1.66. The van der Waals surface area contributed by atoms with Gasteiger partial charge in [0, 0.05) is 13.7 Å². The maximum Gasteiger partial charge on any atom is 0.148 e. The SMILES string of the molecule is COCOCCCCCCCCCCCC1CCC(C2CCC(C=O)O2)O1. The van der Waals surface area contributed by atoms with Crippen LogP contribution >= 0.6 is 0 Å². The lowest BCUT2D eigenvalue weighted by molar-refractivity contribution is -0.121. The van der Waals surface area contributed by atoms with Crippen LogP contribution in [0, 0.1) is 0 Å². The van der Waals surface area contributed by atoms with E-state index >= 15 is 0 Å². The molecule has 0 bridgehead atoms. The van der Waals surface area contributed by atoms with Crippen LogP contribution in [0.3, 0.4) is 0 Å². The molecule has 0 saturated carbocycles. The third-order valence-corrected chi connectivity index (χ3v) is 5.81. The van der Waals surface area contributed by atoms with Crippen molar-refractivity contribution in [2.24, 2.45) is 0 Å². The third kappa shape index (κ3) is 9.51. The van der Waals surface area contributed by atoms with Gasteiger partial charge in [-0.05, 0) is 38.5 Å². The second-order valence-electron chi connectivity index (χ2n) is 8.09. The summed E-state index contributed by atoms with van der Waals surface area (Å²) in [6.07, 6.45) is 18.5. The highest BCUT2D eigenvalue weighted by atomic mass is 16.7. The van der Waals surface area contributed by atoms with Gasteiger partial charge in [0.05, 0.1) is 18.3 Å². The number of aldehydes is 1. The molecule has 27 heavy (non-hydrogen) atoms. The fourth-order valence-electron chi connectivity index (χ4n) is 4.24. The summed E-state index contributed by atoms with van der Waals surface area (Å²) in [5.74, 6) is 0. The Hall–Kier alpha value is -0.490. The minimum absolute atomic E-state index is 0.150. The predicted octanol–water partition coefficient (Wildman–Crippen LogP) is 4.80. The number of hydrogen-bond donors (Lipinski definition) is 0. The van der Waals surface area contributed by atoms with Gasteiger partial charge in [-0.2, -0.15) is 0 Å². The summed E-state index contributed by atoms with van der Waals surface area (Å²) < 4.78 is 22.1. The Balaban J connectivity index is 1.34. The Labute approximate surface area is 165 Å². The van der Waals surface area contributed by atoms with Crippen LogP contribution in [0.4, 0.5) is 0 Å². The normalized spacial score (nSPS) is 28.0. The lowest BCUT2D eigenvalue weighted by Gasteiger charge is -2.19. The van der Waals surface area contributed by atoms with E-state index in [1.165, 1.54) is 57.8 Å². The van der Waals surface area contributed by atoms with Crippen molar-refractivity contribution in [1.82, 2.24) is 0 Å². The molecule has 2 aliphatic heterocycles. The molecule has 2 rings (SSSR count). The van der Waals surface area contributed by atoms with E-state index in [1.807, 2.05) is 0 Å². The molecule has 5 nitrogen and oxygen atoms in total. The molecule has 0 spiro atoms. The molecule has 0 amide bonds. The predicted molar refractivity (Wildman–Crippen MR) is 106 cm³/mol. The van der Waals surface area contributed by atoms with Gasteiger partial charge in [0.2, 0.25) is 0 Å². The van der Waals surface area contributed by atoms with Crippen LogP contribution in [0.5, 0.6) is 0 Å². The number of carbonyl (C=O) groups excluding carboxylic acids is 1. The molecule has 0 aliphatic carbocycles. The van der Waals surface area contributed by atoms with Gasteiger partial charge in [-0.25, -0.2) is 0 Å². The summed E-state index contributed by atoms with van der Waals surface area (Å²) in [5, 5.41) is 0. The van der Waals surface area contributed by atoms with Crippen LogP contribution in [0.2, 0.25) is 0 Å². The molecule has 158 valence electrons. The van der Waals surface area contributed by atoms with E-state index in [0.717, 1.165) is 45.0 Å². The molecular weight excluding hydrogens is 344 g/mol. The first-order valence-electron chi connectivity index (χ1n) is 11.2. The first-order valence-corrected chi connectivity index (χ1v) is 11.2. The van der Waals surface area contributed by atoms with Crippen molar-refractivity contribution >= 4 is 6.29 Å². The number of ether oxygens (including phenoxy) is 4. The second kappa shape index (κ2) is 14.5. The minimum atomic E-state index is -0.193. The average molecular weight is 385 g/mol. The van der Waals surface area contributed by atoms with Gasteiger partial charge in [0.1, 0.15) is 19.2 Å². The quantitative estimate of drug-likeness (QED) is 0.217. The Morgan fingerprint density at radius 3 is 2.11 bits per heavy atom. The van der Waals surface area contributed by atoms with Gasteiger partial charge >= 0.3 is 0 Å². The highest BCUT2D eigenvalue weighted by Crippen LogP contribution is 2.32. The smallest absolute Gasteiger partial charge is 0.148 e. The molecule has 4 unspecified atom stereocenters. The van der Waals surface area contributed by atoms with Crippen molar-refractivity contribution in [2.75, 3.05) is 20.5 Å². The molecule has 2 fully saturated rings. The summed E-state index contributed by atoms with van der Waals surface area (Å²) in [5.41, 5.74) is 0. The van der Waals surface area contributed by atoms with Crippen molar-refractivity contribution < 1.29 is 23.7 Å². The Bertz CT molecular complexity index is 376. The zero-order valence-corrected chi connectivity index (χ0v) is 17.2. The van der Waals surface area contributed by atoms with Gasteiger partial charge in [-0.15, -0.1) is 0 Å². The number of rotatable bonds is 16. The van der Waals surface area contributed by atoms with Crippen LogP contribution in [0.1, 0.15) is 89.9 Å². The second-order valence-corrected chi connectivity index (χ2v) is 8.09. The third-order valence-electron chi connectivity index (χ3n) is 5.81.